The van der Waals surface area contributed by atoms with E-state index in [0.717, 1.165) is 24.7 Å². The zero-order chi connectivity index (χ0) is 26.3. The number of carbonyl (C=O) groups excluding carboxylic acids is 2. The zero-order valence-corrected chi connectivity index (χ0v) is 22.9. The van der Waals surface area contributed by atoms with Gasteiger partial charge in [0.25, 0.3) is 0 Å². The Balaban J connectivity index is 2.44. The van der Waals surface area contributed by atoms with Crippen LogP contribution in [-0.4, -0.2) is 62.7 Å². The van der Waals surface area contributed by atoms with Gasteiger partial charge in [-0.2, -0.15) is 12.7 Å². The van der Waals surface area contributed by atoms with Crippen LogP contribution in [-0.2, 0) is 26.3 Å². The number of carbonyl (C=O) groups is 2. The number of amides is 2. The van der Waals surface area contributed by atoms with Crippen molar-refractivity contribution in [3.05, 3.63) is 64.4 Å². The highest BCUT2D eigenvalue weighted by Crippen LogP contribution is 2.24. The number of halogens is 2. The summed E-state index contributed by atoms with van der Waals surface area (Å²) in [6, 6.07) is 11.7. The molecule has 8 nitrogen and oxygen atoms in total. The van der Waals surface area contributed by atoms with Crippen molar-refractivity contribution in [3.63, 3.8) is 0 Å². The van der Waals surface area contributed by atoms with E-state index in [2.05, 4.69) is 21.2 Å². The first kappa shape index (κ1) is 28.7. The van der Waals surface area contributed by atoms with Crippen molar-refractivity contribution in [1.82, 2.24) is 14.5 Å². The van der Waals surface area contributed by atoms with Crippen LogP contribution in [0.4, 0.5) is 10.1 Å². The first-order valence-corrected chi connectivity index (χ1v) is 13.3. The van der Waals surface area contributed by atoms with Crippen molar-refractivity contribution in [2.45, 2.75) is 33.4 Å². The summed E-state index contributed by atoms with van der Waals surface area (Å²) in [6.07, 6.45) is 0. The molecule has 2 aromatic carbocycles. The molecule has 1 atom stereocenters. The lowest BCUT2D eigenvalue weighted by molar-refractivity contribution is -0.139. The minimum atomic E-state index is -4.22. The largest absolute Gasteiger partial charge is 0.354 e. The second-order valence-corrected chi connectivity index (χ2v) is 11.7. The fourth-order valence-corrected chi connectivity index (χ4v) is 4.51. The normalized spacial score (nSPS) is 12.5. The topological polar surface area (TPSA) is 90.0 Å². The Bertz CT molecular complexity index is 1130. The van der Waals surface area contributed by atoms with E-state index >= 15 is 0 Å². The molecule has 2 rings (SSSR count). The molecular weight excluding hydrogens is 539 g/mol. The van der Waals surface area contributed by atoms with E-state index in [-0.39, 0.29) is 24.1 Å². The Morgan fingerprint density at radius 1 is 1.03 bits per heavy atom. The maximum absolute atomic E-state index is 14.6. The second kappa shape index (κ2) is 12.5. The molecule has 1 N–H and O–H groups in total. The minimum Gasteiger partial charge on any atom is -0.354 e. The summed E-state index contributed by atoms with van der Waals surface area (Å²) in [6.45, 7) is 5.30. The molecule has 0 heterocycles. The molecule has 2 aromatic rings. The van der Waals surface area contributed by atoms with Gasteiger partial charge in [0, 0.05) is 31.7 Å². The van der Waals surface area contributed by atoms with Crippen LogP contribution in [0.25, 0.3) is 0 Å². The van der Waals surface area contributed by atoms with Crippen LogP contribution >= 0.6 is 15.9 Å². The Labute approximate surface area is 215 Å². The highest BCUT2D eigenvalue weighted by Gasteiger charge is 2.33. The van der Waals surface area contributed by atoms with Gasteiger partial charge in [-0.1, -0.05) is 54.0 Å². The van der Waals surface area contributed by atoms with E-state index < -0.39 is 34.5 Å². The zero-order valence-electron chi connectivity index (χ0n) is 20.5. The minimum absolute atomic E-state index is 0.0650. The van der Waals surface area contributed by atoms with E-state index in [4.69, 9.17) is 0 Å². The average Bonchev–Trinajstić information content (AvgIpc) is 2.80. The fourth-order valence-electron chi connectivity index (χ4n) is 3.18. The molecule has 0 aliphatic heterocycles. The van der Waals surface area contributed by atoms with Crippen molar-refractivity contribution < 1.29 is 22.4 Å². The molecular formula is C24H32BrFN4O4S. The van der Waals surface area contributed by atoms with Gasteiger partial charge < -0.3 is 10.2 Å². The standard InChI is InChI=1S/C24H32BrFN4O4S/c1-17(2)14-27-24(32)18(3)29(15-19-10-12-20(25)13-11-19)23(31)16-30(35(33,34)28(4)5)22-9-7-6-8-21(22)26/h6-13,17-18H,14-16H2,1-5H3,(H,27,32)/t18-/m1/s1. The molecule has 11 heteroatoms. The van der Waals surface area contributed by atoms with Gasteiger partial charge in [-0.3, -0.25) is 9.59 Å². The van der Waals surface area contributed by atoms with Gasteiger partial charge in [-0.25, -0.2) is 8.70 Å². The Morgan fingerprint density at radius 2 is 1.63 bits per heavy atom. The van der Waals surface area contributed by atoms with Gasteiger partial charge in [0.1, 0.15) is 18.4 Å². The lowest BCUT2D eigenvalue weighted by Crippen LogP contribution is -2.52. The van der Waals surface area contributed by atoms with E-state index in [1.165, 1.54) is 37.2 Å². The fraction of sp³-hybridized carbons (Fsp3) is 0.417. The molecule has 0 unspecified atom stereocenters. The molecule has 0 spiro atoms. The number of para-hydroxylation sites is 1. The van der Waals surface area contributed by atoms with Crippen molar-refractivity contribution in [3.8, 4) is 0 Å². The third-order valence-corrected chi connectivity index (χ3v) is 7.59. The lowest BCUT2D eigenvalue weighted by Gasteiger charge is -2.33. The van der Waals surface area contributed by atoms with Gasteiger partial charge in [0.2, 0.25) is 11.8 Å². The van der Waals surface area contributed by atoms with Crippen LogP contribution in [0.3, 0.4) is 0 Å². The predicted molar refractivity (Wildman–Crippen MR) is 138 cm³/mol. The van der Waals surface area contributed by atoms with Crippen LogP contribution in [0.2, 0.25) is 0 Å². The average molecular weight is 572 g/mol. The van der Waals surface area contributed by atoms with Crippen LogP contribution in [0.5, 0.6) is 0 Å². The van der Waals surface area contributed by atoms with Crippen LogP contribution in [0.1, 0.15) is 26.3 Å². The van der Waals surface area contributed by atoms with E-state index in [9.17, 15) is 22.4 Å². The van der Waals surface area contributed by atoms with Crippen LogP contribution in [0, 0.1) is 11.7 Å². The summed E-state index contributed by atoms with van der Waals surface area (Å²) in [7, 11) is -1.61. The summed E-state index contributed by atoms with van der Waals surface area (Å²) < 4.78 is 43.2. The first-order chi connectivity index (χ1) is 16.3. The number of rotatable bonds is 11. The van der Waals surface area contributed by atoms with Crippen molar-refractivity contribution in [1.29, 1.82) is 0 Å². The number of anilines is 1. The number of hydrogen-bond donors (Lipinski definition) is 1. The van der Waals surface area contributed by atoms with E-state index in [0.29, 0.717) is 6.54 Å². The SMILES string of the molecule is CC(C)CNC(=O)[C@@H](C)N(Cc1ccc(Br)cc1)C(=O)CN(c1ccccc1F)S(=O)(=O)N(C)C. The molecule has 0 bridgehead atoms. The lowest BCUT2D eigenvalue weighted by atomic mass is 10.1. The molecule has 0 fully saturated rings. The van der Waals surface area contributed by atoms with Crippen LogP contribution < -0.4 is 9.62 Å². The third kappa shape index (κ3) is 7.74. The maximum atomic E-state index is 14.6. The number of nitrogens with zero attached hydrogens (tertiary/aromatic N) is 3. The number of nitrogens with one attached hydrogen (secondary N) is 1. The molecule has 0 saturated heterocycles. The van der Waals surface area contributed by atoms with Gasteiger partial charge in [0.05, 0.1) is 5.69 Å². The Kier molecular flexibility index (Phi) is 10.2. The van der Waals surface area contributed by atoms with E-state index in [1.807, 2.05) is 26.0 Å². The van der Waals surface area contributed by atoms with Gasteiger partial charge >= 0.3 is 10.2 Å². The first-order valence-electron chi connectivity index (χ1n) is 11.1. The Morgan fingerprint density at radius 3 is 2.17 bits per heavy atom. The molecule has 0 aliphatic carbocycles. The summed E-state index contributed by atoms with van der Waals surface area (Å²) in [5.41, 5.74) is 0.494. The highest BCUT2D eigenvalue weighted by molar-refractivity contribution is 9.10. The second-order valence-electron chi connectivity index (χ2n) is 8.71. The van der Waals surface area contributed by atoms with Gasteiger partial charge in [-0.15, -0.1) is 0 Å². The predicted octanol–water partition coefficient (Wildman–Crippen LogP) is 3.39. The van der Waals surface area contributed by atoms with Crippen molar-refractivity contribution >= 4 is 43.6 Å². The Hall–Kier alpha value is -2.50. The third-order valence-electron chi connectivity index (χ3n) is 5.26. The number of benzene rings is 2. The smallest absolute Gasteiger partial charge is 0.304 e. The van der Waals surface area contributed by atoms with Crippen molar-refractivity contribution in [2.24, 2.45) is 5.92 Å². The molecule has 0 aliphatic rings. The quantitative estimate of drug-likeness (QED) is 0.448. The summed E-state index contributed by atoms with van der Waals surface area (Å²) in [5.74, 6) is -1.58. The molecule has 2 amide bonds. The van der Waals surface area contributed by atoms with Crippen LogP contribution in [0.15, 0.2) is 53.0 Å². The summed E-state index contributed by atoms with van der Waals surface area (Å²) >= 11 is 3.37. The maximum Gasteiger partial charge on any atom is 0.304 e. The molecule has 0 aromatic heterocycles. The van der Waals surface area contributed by atoms with Gasteiger partial charge in [-0.05, 0) is 42.7 Å². The summed E-state index contributed by atoms with van der Waals surface area (Å²) in [5, 5.41) is 2.81. The molecule has 35 heavy (non-hydrogen) atoms. The molecule has 0 radical (unpaired) electrons. The van der Waals surface area contributed by atoms with Gasteiger partial charge in [0.15, 0.2) is 0 Å². The molecule has 192 valence electrons. The monoisotopic (exact) mass is 570 g/mol. The highest BCUT2D eigenvalue weighted by atomic mass is 79.9. The van der Waals surface area contributed by atoms with Crippen molar-refractivity contribution in [2.75, 3.05) is 31.5 Å². The number of hydrogen-bond acceptors (Lipinski definition) is 4. The van der Waals surface area contributed by atoms with E-state index in [1.54, 1.807) is 19.1 Å². The summed E-state index contributed by atoms with van der Waals surface area (Å²) in [4.78, 5) is 27.7. The molecule has 0 saturated carbocycles.